The van der Waals surface area contributed by atoms with Crippen LogP contribution >= 0.6 is 27.5 Å². The number of para-hydroxylation sites is 2. The molecule has 0 fully saturated rings. The van der Waals surface area contributed by atoms with E-state index in [1.165, 1.54) is 10.9 Å². The number of fused-ring (bicyclic) bond motifs is 2. The Hall–Kier alpha value is -4.40. The molecule has 4 aromatic carbocycles. The Balaban J connectivity index is 1.39. The number of halogens is 2. The van der Waals surface area contributed by atoms with Crippen LogP contribution in [0.5, 0.6) is 11.5 Å². The average molecular weight is 629 g/mol. The Morgan fingerprint density at radius 3 is 2.59 bits per heavy atom. The van der Waals surface area contributed by atoms with Gasteiger partial charge in [0.05, 0.1) is 28.7 Å². The third kappa shape index (κ3) is 5.62. The maximum Gasteiger partial charge on any atom is 0.282 e. The fraction of sp³-hybridized carbons (Fsp3) is 0.0938. The second kappa shape index (κ2) is 11.6. The van der Waals surface area contributed by atoms with Gasteiger partial charge in [-0.05, 0) is 66.6 Å². The van der Waals surface area contributed by atoms with Gasteiger partial charge in [0.15, 0.2) is 17.3 Å². The predicted molar refractivity (Wildman–Crippen MR) is 165 cm³/mol. The van der Waals surface area contributed by atoms with Gasteiger partial charge in [-0.1, -0.05) is 70.0 Å². The van der Waals surface area contributed by atoms with Crippen molar-refractivity contribution >= 4 is 55.6 Å². The van der Waals surface area contributed by atoms with Gasteiger partial charge in [0.1, 0.15) is 12.2 Å². The quantitative estimate of drug-likeness (QED) is 0.159. The van der Waals surface area contributed by atoms with Crippen LogP contribution in [0.2, 0.25) is 5.02 Å². The lowest BCUT2D eigenvalue weighted by Crippen LogP contribution is -2.20. The van der Waals surface area contributed by atoms with Crippen LogP contribution in [0.15, 0.2) is 110 Å². The SMILES string of the molecule is CCOc1cc(C=Nn2c(-c3cc4ccccc4o3)nc3ccccc3c2=O)cc(Cl)c1OCc1ccc(Br)cc1. The fourth-order valence-corrected chi connectivity index (χ4v) is 4.95. The molecule has 9 heteroatoms. The van der Waals surface area contributed by atoms with Crippen LogP contribution in [0, 0.1) is 0 Å². The molecule has 0 spiro atoms. The number of aromatic nitrogens is 2. The van der Waals surface area contributed by atoms with Gasteiger partial charge >= 0.3 is 0 Å². The highest BCUT2D eigenvalue weighted by Gasteiger charge is 2.17. The molecule has 0 aliphatic heterocycles. The Bertz CT molecular complexity index is 1930. The molecular formula is C32H23BrClN3O4. The largest absolute Gasteiger partial charge is 0.490 e. The Kier molecular flexibility index (Phi) is 7.59. The van der Waals surface area contributed by atoms with Gasteiger partial charge in [0.2, 0.25) is 5.82 Å². The topological polar surface area (TPSA) is 78.9 Å². The first-order valence-electron chi connectivity index (χ1n) is 12.9. The van der Waals surface area contributed by atoms with Crippen molar-refractivity contribution in [3.05, 3.63) is 122 Å². The third-order valence-electron chi connectivity index (χ3n) is 6.35. The van der Waals surface area contributed by atoms with E-state index in [-0.39, 0.29) is 11.4 Å². The summed E-state index contributed by atoms with van der Waals surface area (Å²) in [6.45, 7) is 2.61. The summed E-state index contributed by atoms with van der Waals surface area (Å²) < 4.78 is 20.2. The molecule has 7 nitrogen and oxygen atoms in total. The van der Waals surface area contributed by atoms with Crippen molar-refractivity contribution < 1.29 is 13.9 Å². The number of rotatable bonds is 8. The second-order valence-electron chi connectivity index (χ2n) is 9.14. The predicted octanol–water partition coefficient (Wildman–Crippen LogP) is 8.09. The molecule has 2 aromatic heterocycles. The second-order valence-corrected chi connectivity index (χ2v) is 10.5. The molecule has 204 valence electrons. The summed E-state index contributed by atoms with van der Waals surface area (Å²) in [5, 5.41) is 6.24. The molecule has 0 aliphatic carbocycles. The molecule has 0 atom stereocenters. The van der Waals surface area contributed by atoms with Gasteiger partial charge in [-0.15, -0.1) is 0 Å². The van der Waals surface area contributed by atoms with E-state index in [4.69, 9.17) is 30.5 Å². The van der Waals surface area contributed by atoms with E-state index in [1.807, 2.05) is 67.6 Å². The Morgan fingerprint density at radius 1 is 1.00 bits per heavy atom. The van der Waals surface area contributed by atoms with Crippen molar-refractivity contribution in [2.24, 2.45) is 5.10 Å². The minimum Gasteiger partial charge on any atom is -0.490 e. The zero-order chi connectivity index (χ0) is 28.3. The van der Waals surface area contributed by atoms with Crippen LogP contribution in [0.3, 0.4) is 0 Å². The van der Waals surface area contributed by atoms with E-state index in [1.54, 1.807) is 30.3 Å². The molecule has 0 bridgehead atoms. The highest BCUT2D eigenvalue weighted by Crippen LogP contribution is 2.37. The minimum atomic E-state index is -0.326. The molecule has 6 rings (SSSR count). The van der Waals surface area contributed by atoms with Crippen molar-refractivity contribution in [1.82, 2.24) is 9.66 Å². The first-order chi connectivity index (χ1) is 20.0. The lowest BCUT2D eigenvalue weighted by atomic mass is 10.2. The molecule has 0 saturated carbocycles. The average Bonchev–Trinajstić information content (AvgIpc) is 3.42. The van der Waals surface area contributed by atoms with E-state index in [0.29, 0.717) is 57.5 Å². The van der Waals surface area contributed by atoms with Gasteiger partial charge in [-0.3, -0.25) is 4.79 Å². The van der Waals surface area contributed by atoms with Gasteiger partial charge in [-0.2, -0.15) is 9.78 Å². The summed E-state index contributed by atoms with van der Waals surface area (Å²) in [6, 6.07) is 27.9. The zero-order valence-corrected chi connectivity index (χ0v) is 24.2. The van der Waals surface area contributed by atoms with Crippen molar-refractivity contribution in [2.45, 2.75) is 13.5 Å². The normalized spacial score (nSPS) is 11.5. The Morgan fingerprint density at radius 2 is 1.78 bits per heavy atom. The highest BCUT2D eigenvalue weighted by molar-refractivity contribution is 9.10. The molecule has 6 aromatic rings. The lowest BCUT2D eigenvalue weighted by molar-refractivity contribution is 0.269. The number of hydrogen-bond donors (Lipinski definition) is 0. The molecule has 0 radical (unpaired) electrons. The molecule has 0 aliphatic rings. The molecule has 0 unspecified atom stereocenters. The maximum absolute atomic E-state index is 13.6. The molecule has 0 amide bonds. The lowest BCUT2D eigenvalue weighted by Gasteiger charge is -2.14. The number of ether oxygens (including phenoxy) is 2. The van der Waals surface area contributed by atoms with Crippen LogP contribution in [0.4, 0.5) is 0 Å². The van der Waals surface area contributed by atoms with E-state index >= 15 is 0 Å². The van der Waals surface area contributed by atoms with E-state index in [0.717, 1.165) is 15.4 Å². The monoisotopic (exact) mass is 627 g/mol. The van der Waals surface area contributed by atoms with Crippen molar-refractivity contribution in [3.63, 3.8) is 0 Å². The highest BCUT2D eigenvalue weighted by atomic mass is 79.9. The molecule has 0 saturated heterocycles. The maximum atomic E-state index is 13.6. The van der Waals surface area contributed by atoms with E-state index < -0.39 is 0 Å². The zero-order valence-electron chi connectivity index (χ0n) is 21.9. The molecule has 0 N–H and O–H groups in total. The molecule has 2 heterocycles. The molecular weight excluding hydrogens is 606 g/mol. The smallest absolute Gasteiger partial charge is 0.282 e. The fourth-order valence-electron chi connectivity index (χ4n) is 4.41. The summed E-state index contributed by atoms with van der Waals surface area (Å²) in [4.78, 5) is 18.3. The van der Waals surface area contributed by atoms with Crippen LogP contribution in [0.25, 0.3) is 33.5 Å². The first-order valence-corrected chi connectivity index (χ1v) is 14.1. The van der Waals surface area contributed by atoms with Gasteiger partial charge in [-0.25, -0.2) is 4.98 Å². The van der Waals surface area contributed by atoms with Crippen molar-refractivity contribution in [3.8, 4) is 23.1 Å². The van der Waals surface area contributed by atoms with Gasteiger partial charge in [0, 0.05) is 9.86 Å². The third-order valence-corrected chi connectivity index (χ3v) is 7.16. The molecule has 41 heavy (non-hydrogen) atoms. The van der Waals surface area contributed by atoms with Crippen LogP contribution < -0.4 is 15.0 Å². The standard InChI is InChI=1S/C32H23BrClN3O4/c1-2-39-28-16-21(15-25(34)30(28)40-19-20-11-13-23(33)14-12-20)18-35-37-31(29-17-22-7-3-6-10-27(22)41-29)36-26-9-5-4-8-24(26)32(37)38/h3-18H,2,19H2,1H3. The first kappa shape index (κ1) is 26.8. The number of hydrogen-bond acceptors (Lipinski definition) is 6. The van der Waals surface area contributed by atoms with Crippen LogP contribution in [-0.4, -0.2) is 22.5 Å². The number of benzene rings is 4. The summed E-state index contributed by atoms with van der Waals surface area (Å²) >= 11 is 10.1. The van der Waals surface area contributed by atoms with Gasteiger partial charge in [0.25, 0.3) is 5.56 Å². The summed E-state index contributed by atoms with van der Waals surface area (Å²) in [5.41, 5.74) is 2.51. The number of nitrogens with zero attached hydrogens (tertiary/aromatic N) is 3. The van der Waals surface area contributed by atoms with Crippen LogP contribution in [0.1, 0.15) is 18.1 Å². The summed E-state index contributed by atoms with van der Waals surface area (Å²) in [6.07, 6.45) is 1.54. The summed E-state index contributed by atoms with van der Waals surface area (Å²) in [5.74, 6) is 1.61. The van der Waals surface area contributed by atoms with E-state index in [9.17, 15) is 4.79 Å². The number of furan rings is 1. The minimum absolute atomic E-state index is 0.284. The van der Waals surface area contributed by atoms with Gasteiger partial charge < -0.3 is 13.9 Å². The van der Waals surface area contributed by atoms with Crippen LogP contribution in [-0.2, 0) is 6.61 Å². The van der Waals surface area contributed by atoms with E-state index in [2.05, 4.69) is 21.0 Å². The summed E-state index contributed by atoms with van der Waals surface area (Å²) in [7, 11) is 0. The Labute approximate surface area is 248 Å². The van der Waals surface area contributed by atoms with Crippen molar-refractivity contribution in [2.75, 3.05) is 6.61 Å². The van der Waals surface area contributed by atoms with Crippen molar-refractivity contribution in [1.29, 1.82) is 0 Å².